The zero-order valence-corrected chi connectivity index (χ0v) is 12.6. The number of carboxylic acid groups (broad SMARTS) is 1. The lowest BCUT2D eigenvalue weighted by Crippen LogP contribution is -2.47. The summed E-state index contributed by atoms with van der Waals surface area (Å²) in [6.45, 7) is 0.0412. The first-order chi connectivity index (χ1) is 11.0. The molecular formula is C16H18N2O5. The van der Waals surface area contributed by atoms with E-state index in [0.29, 0.717) is 19.4 Å². The van der Waals surface area contributed by atoms with E-state index in [0.717, 1.165) is 11.3 Å². The first kappa shape index (κ1) is 14.4. The van der Waals surface area contributed by atoms with E-state index in [1.54, 1.807) is 0 Å². The highest BCUT2D eigenvalue weighted by molar-refractivity contribution is 6.08. The minimum Gasteiger partial charge on any atom is -0.480 e. The van der Waals surface area contributed by atoms with E-state index in [2.05, 4.69) is 0 Å². The van der Waals surface area contributed by atoms with Crippen LogP contribution in [0.3, 0.4) is 0 Å². The highest BCUT2D eigenvalue weighted by atomic mass is 16.4. The number of carbonyl (C=O) groups is 4. The summed E-state index contributed by atoms with van der Waals surface area (Å²) in [5, 5.41) is 9.16. The third-order valence-corrected chi connectivity index (χ3v) is 5.71. The molecule has 1 N–H and O–H groups in total. The van der Waals surface area contributed by atoms with Crippen molar-refractivity contribution in [2.75, 3.05) is 13.1 Å². The molecule has 2 saturated heterocycles. The maximum Gasteiger partial charge on any atom is 0.326 e. The van der Waals surface area contributed by atoms with Gasteiger partial charge in [-0.05, 0) is 31.1 Å². The zero-order valence-electron chi connectivity index (χ0n) is 12.6. The lowest BCUT2D eigenvalue weighted by molar-refractivity contribution is -0.151. The fourth-order valence-electron chi connectivity index (χ4n) is 4.67. The van der Waals surface area contributed by atoms with E-state index in [1.807, 2.05) is 12.2 Å². The number of nitrogens with zero attached hydrogens (tertiary/aromatic N) is 2. The fraction of sp³-hybridized carbons (Fsp3) is 0.625. The molecule has 3 fully saturated rings. The molecule has 7 nitrogen and oxygen atoms in total. The summed E-state index contributed by atoms with van der Waals surface area (Å²) < 4.78 is 0. The van der Waals surface area contributed by atoms with Crippen LogP contribution in [-0.2, 0) is 19.2 Å². The van der Waals surface area contributed by atoms with Gasteiger partial charge in [0.25, 0.3) is 0 Å². The number of imide groups is 1. The Morgan fingerprint density at radius 1 is 1.13 bits per heavy atom. The van der Waals surface area contributed by atoms with Crippen molar-refractivity contribution in [2.24, 2.45) is 23.7 Å². The number of amides is 3. The molecule has 0 aromatic heterocycles. The van der Waals surface area contributed by atoms with Crippen LogP contribution in [0.15, 0.2) is 12.2 Å². The highest BCUT2D eigenvalue weighted by Crippen LogP contribution is 2.52. The van der Waals surface area contributed by atoms with Crippen LogP contribution < -0.4 is 0 Å². The van der Waals surface area contributed by atoms with Crippen LogP contribution >= 0.6 is 0 Å². The van der Waals surface area contributed by atoms with Crippen molar-refractivity contribution >= 4 is 23.7 Å². The van der Waals surface area contributed by atoms with Crippen LogP contribution in [0.4, 0.5) is 0 Å². The molecule has 1 saturated carbocycles. The molecule has 23 heavy (non-hydrogen) atoms. The molecule has 0 radical (unpaired) electrons. The molecule has 0 unspecified atom stereocenters. The maximum atomic E-state index is 12.5. The van der Waals surface area contributed by atoms with Gasteiger partial charge in [0.2, 0.25) is 17.7 Å². The van der Waals surface area contributed by atoms with Crippen molar-refractivity contribution in [3.05, 3.63) is 12.2 Å². The van der Waals surface area contributed by atoms with Gasteiger partial charge in [0.05, 0.1) is 11.8 Å². The molecule has 4 rings (SSSR count). The lowest BCUT2D eigenvalue weighted by atomic mass is 9.85. The van der Waals surface area contributed by atoms with E-state index in [1.165, 1.54) is 4.90 Å². The predicted molar refractivity (Wildman–Crippen MR) is 76.8 cm³/mol. The number of aliphatic carboxylic acids is 1. The molecule has 0 spiro atoms. The largest absolute Gasteiger partial charge is 0.480 e. The standard InChI is InChI=1S/C16H18N2O5/c19-11(17-5-1-2-10(17)16(22)23)7-18-14(20)12-8-3-4-9(6-8)13(12)15(18)21/h3-4,8-10,12-13H,1-2,5-7H2,(H,22,23)/t8-,9-,10-,12+,13+/m0/s1. The first-order valence-corrected chi connectivity index (χ1v) is 8.05. The molecule has 2 aliphatic heterocycles. The van der Waals surface area contributed by atoms with Crippen LogP contribution in [0.2, 0.25) is 0 Å². The Morgan fingerprint density at radius 2 is 1.74 bits per heavy atom. The minimum atomic E-state index is -1.03. The van der Waals surface area contributed by atoms with Gasteiger partial charge in [-0.3, -0.25) is 19.3 Å². The fourth-order valence-corrected chi connectivity index (χ4v) is 4.67. The summed E-state index contributed by atoms with van der Waals surface area (Å²) in [4.78, 5) is 51.0. The van der Waals surface area contributed by atoms with E-state index >= 15 is 0 Å². The number of hydrogen-bond acceptors (Lipinski definition) is 4. The number of carbonyl (C=O) groups excluding carboxylic acids is 3. The number of allylic oxidation sites excluding steroid dienone is 2. The monoisotopic (exact) mass is 318 g/mol. The number of likely N-dealkylation sites (tertiary alicyclic amines) is 2. The van der Waals surface area contributed by atoms with Gasteiger partial charge in [-0.2, -0.15) is 0 Å². The first-order valence-electron chi connectivity index (χ1n) is 8.05. The average Bonchev–Trinajstić information content (AvgIpc) is 3.26. The van der Waals surface area contributed by atoms with Gasteiger partial charge in [-0.1, -0.05) is 12.2 Å². The van der Waals surface area contributed by atoms with E-state index in [9.17, 15) is 19.2 Å². The lowest BCUT2D eigenvalue weighted by Gasteiger charge is -2.24. The molecular weight excluding hydrogens is 300 g/mol. The molecule has 0 aromatic rings. The number of carboxylic acids is 1. The minimum absolute atomic E-state index is 0.111. The Bertz CT molecular complexity index is 612. The zero-order chi connectivity index (χ0) is 16.3. The predicted octanol–water partition coefficient (Wildman–Crippen LogP) is -0.131. The van der Waals surface area contributed by atoms with Crippen LogP contribution in [-0.4, -0.2) is 57.7 Å². The Balaban J connectivity index is 1.50. The van der Waals surface area contributed by atoms with Crippen molar-refractivity contribution < 1.29 is 24.3 Å². The maximum absolute atomic E-state index is 12.5. The Hall–Kier alpha value is -2.18. The van der Waals surface area contributed by atoms with Gasteiger partial charge in [0.15, 0.2) is 0 Å². The molecule has 122 valence electrons. The Morgan fingerprint density at radius 3 is 2.30 bits per heavy atom. The van der Waals surface area contributed by atoms with Gasteiger partial charge < -0.3 is 10.0 Å². The normalized spacial score (nSPS) is 37.8. The van der Waals surface area contributed by atoms with Gasteiger partial charge in [0, 0.05) is 6.54 Å². The SMILES string of the molecule is O=C(O)[C@@H]1CCCN1C(=O)CN1C(=O)[C@H]2[C@H](C1=O)[C@H]1C=C[C@H]2C1. The second-order valence-electron chi connectivity index (χ2n) is 6.85. The summed E-state index contributed by atoms with van der Waals surface area (Å²) >= 11 is 0. The van der Waals surface area contributed by atoms with Gasteiger partial charge in [0.1, 0.15) is 12.6 Å². The third-order valence-electron chi connectivity index (χ3n) is 5.71. The Labute approximate surface area is 132 Å². The average molecular weight is 318 g/mol. The molecule has 4 aliphatic rings. The van der Waals surface area contributed by atoms with Crippen LogP contribution in [0.5, 0.6) is 0 Å². The molecule has 0 aromatic carbocycles. The van der Waals surface area contributed by atoms with Crippen LogP contribution in [0, 0.1) is 23.7 Å². The highest BCUT2D eigenvalue weighted by Gasteiger charge is 2.59. The van der Waals surface area contributed by atoms with Crippen LogP contribution in [0.1, 0.15) is 19.3 Å². The second kappa shape index (κ2) is 4.91. The summed E-state index contributed by atoms with van der Waals surface area (Å²) in [7, 11) is 0. The van der Waals surface area contributed by atoms with E-state index in [4.69, 9.17) is 5.11 Å². The van der Waals surface area contributed by atoms with E-state index < -0.39 is 17.9 Å². The summed E-state index contributed by atoms with van der Waals surface area (Å²) in [5.74, 6) is -2.43. The van der Waals surface area contributed by atoms with Crippen molar-refractivity contribution in [3.8, 4) is 0 Å². The molecule has 3 amide bonds. The third kappa shape index (κ3) is 1.95. The summed E-state index contributed by atoms with van der Waals surface area (Å²) in [6, 6.07) is -0.840. The molecule has 7 heteroatoms. The van der Waals surface area contributed by atoms with Gasteiger partial charge in [-0.25, -0.2) is 4.79 Å². The summed E-state index contributed by atoms with van der Waals surface area (Å²) in [6.07, 6.45) is 5.90. The van der Waals surface area contributed by atoms with Gasteiger partial charge in [-0.15, -0.1) is 0 Å². The number of fused-ring (bicyclic) bond motifs is 5. The number of rotatable bonds is 3. The van der Waals surface area contributed by atoms with Crippen molar-refractivity contribution in [2.45, 2.75) is 25.3 Å². The van der Waals surface area contributed by atoms with Gasteiger partial charge >= 0.3 is 5.97 Å². The molecule has 2 bridgehead atoms. The summed E-state index contributed by atoms with van der Waals surface area (Å²) in [5.41, 5.74) is 0. The Kier molecular flexibility index (Phi) is 3.08. The topological polar surface area (TPSA) is 95.0 Å². The van der Waals surface area contributed by atoms with Crippen LogP contribution in [0.25, 0.3) is 0 Å². The number of hydrogen-bond donors (Lipinski definition) is 1. The molecule has 5 atom stereocenters. The quantitative estimate of drug-likeness (QED) is 0.578. The second-order valence-corrected chi connectivity index (χ2v) is 6.85. The van der Waals surface area contributed by atoms with E-state index in [-0.39, 0.29) is 42.0 Å². The smallest absolute Gasteiger partial charge is 0.326 e. The van der Waals surface area contributed by atoms with Crippen molar-refractivity contribution in [1.29, 1.82) is 0 Å². The van der Waals surface area contributed by atoms with Crippen molar-refractivity contribution in [1.82, 2.24) is 9.80 Å². The molecule has 2 aliphatic carbocycles. The molecule has 2 heterocycles. The van der Waals surface area contributed by atoms with Crippen molar-refractivity contribution in [3.63, 3.8) is 0 Å².